The second-order valence-corrected chi connectivity index (χ2v) is 4.85. The first-order valence-electron chi connectivity index (χ1n) is 2.52. The number of hydrogen-bond donors (Lipinski definition) is 1. The molecule has 0 amide bonds. The highest BCUT2D eigenvalue weighted by molar-refractivity contribution is 6.47. The molecule has 4 heteroatoms. The van der Waals surface area contributed by atoms with E-state index in [1.54, 1.807) is 0 Å². The van der Waals surface area contributed by atoms with E-state index in [4.69, 9.17) is 8.91 Å². The summed E-state index contributed by atoms with van der Waals surface area (Å²) in [5.74, 6) is 0. The highest BCUT2D eigenvalue weighted by Crippen LogP contribution is 1.91. The molecule has 0 aliphatic heterocycles. The predicted molar refractivity (Wildman–Crippen MR) is 35.5 cm³/mol. The lowest BCUT2D eigenvalue weighted by Gasteiger charge is -2.01. The fraction of sp³-hybridized carbons (Fsp3) is 1.00. The van der Waals surface area contributed by atoms with Crippen LogP contribution in [-0.4, -0.2) is 24.6 Å². The van der Waals surface area contributed by atoms with Crippen LogP contribution >= 0.6 is 0 Å². The maximum Gasteiger partial charge on any atom is 0.307 e. The maximum absolute atomic E-state index is 8.81. The van der Waals surface area contributed by atoms with Gasteiger partial charge in [0.15, 0.2) is 0 Å². The molecule has 0 aromatic carbocycles. The van der Waals surface area contributed by atoms with Crippen LogP contribution in [0.25, 0.3) is 0 Å². The Kier molecular flexibility index (Phi) is 4.74. The quantitative estimate of drug-likeness (QED) is 0.499. The lowest BCUT2D eigenvalue weighted by molar-refractivity contribution is 0.434. The van der Waals surface area contributed by atoms with E-state index in [1.165, 1.54) is 0 Å². The van der Waals surface area contributed by atoms with E-state index in [9.17, 15) is 0 Å². The lowest BCUT2D eigenvalue weighted by atomic mass is 10.6. The minimum atomic E-state index is -1.62. The molecule has 1 N–H and O–H groups in total. The summed E-state index contributed by atoms with van der Waals surface area (Å²) in [7, 11) is -0.921. The number of hydrogen-bond acceptors (Lipinski definition) is 2. The number of rotatable bonds is 3. The molecule has 0 saturated heterocycles. The summed E-state index contributed by atoms with van der Waals surface area (Å²) in [5.41, 5.74) is 0. The molecule has 0 radical (unpaired) electrons. The molecular weight excluding hydrogens is 124 g/mol. The van der Waals surface area contributed by atoms with Crippen LogP contribution in [-0.2, 0) is 4.12 Å². The SMILES string of the molecule is CCC[SiH](O)O[SiH3]. The first kappa shape index (κ1) is 7.35. The monoisotopic (exact) mass is 136 g/mol. The van der Waals surface area contributed by atoms with Gasteiger partial charge in [0.2, 0.25) is 0 Å². The van der Waals surface area contributed by atoms with Gasteiger partial charge in [0.1, 0.15) is 10.5 Å². The zero-order valence-electron chi connectivity index (χ0n) is 4.85. The van der Waals surface area contributed by atoms with E-state index in [1.807, 2.05) is 0 Å². The van der Waals surface area contributed by atoms with Crippen molar-refractivity contribution < 1.29 is 8.91 Å². The van der Waals surface area contributed by atoms with Gasteiger partial charge in [-0.05, 0) is 6.04 Å². The van der Waals surface area contributed by atoms with Crippen LogP contribution in [0, 0.1) is 0 Å². The first-order chi connectivity index (χ1) is 3.31. The van der Waals surface area contributed by atoms with Gasteiger partial charge in [-0.1, -0.05) is 13.3 Å². The smallest absolute Gasteiger partial charge is 0.307 e. The van der Waals surface area contributed by atoms with Crippen LogP contribution in [0.3, 0.4) is 0 Å². The summed E-state index contributed by atoms with van der Waals surface area (Å²) < 4.78 is 4.82. The Hall–Kier alpha value is 0.354. The van der Waals surface area contributed by atoms with Crippen molar-refractivity contribution in [1.82, 2.24) is 0 Å². The van der Waals surface area contributed by atoms with E-state index >= 15 is 0 Å². The van der Waals surface area contributed by atoms with Crippen molar-refractivity contribution in [3.63, 3.8) is 0 Å². The third-order valence-corrected chi connectivity index (χ3v) is 4.06. The predicted octanol–water partition coefficient (Wildman–Crippen LogP) is -1.09. The van der Waals surface area contributed by atoms with Gasteiger partial charge in [-0.25, -0.2) is 0 Å². The van der Waals surface area contributed by atoms with Gasteiger partial charge in [0.05, 0.1) is 0 Å². The van der Waals surface area contributed by atoms with Crippen LogP contribution in [0.1, 0.15) is 13.3 Å². The van der Waals surface area contributed by atoms with Crippen LogP contribution in [0.2, 0.25) is 6.04 Å². The van der Waals surface area contributed by atoms with Gasteiger partial charge < -0.3 is 8.91 Å². The highest BCUT2D eigenvalue weighted by atomic mass is 28.3. The van der Waals surface area contributed by atoms with Crippen LogP contribution in [0.4, 0.5) is 0 Å². The van der Waals surface area contributed by atoms with Crippen LogP contribution in [0.15, 0.2) is 0 Å². The average molecular weight is 136 g/mol. The van der Waals surface area contributed by atoms with Crippen molar-refractivity contribution in [1.29, 1.82) is 0 Å². The molecular formula is C3H12O2Si2. The van der Waals surface area contributed by atoms with Crippen molar-refractivity contribution in [3.8, 4) is 0 Å². The van der Waals surface area contributed by atoms with Crippen molar-refractivity contribution in [2.24, 2.45) is 0 Å². The minimum Gasteiger partial charge on any atom is -0.447 e. The Morgan fingerprint density at radius 2 is 2.43 bits per heavy atom. The molecule has 0 fully saturated rings. The second-order valence-electron chi connectivity index (χ2n) is 1.48. The Balaban J connectivity index is 2.83. The van der Waals surface area contributed by atoms with Gasteiger partial charge in [0, 0.05) is 0 Å². The minimum absolute atomic E-state index is 0.699. The van der Waals surface area contributed by atoms with Crippen molar-refractivity contribution in [2.45, 2.75) is 19.4 Å². The third kappa shape index (κ3) is 4.20. The van der Waals surface area contributed by atoms with Crippen molar-refractivity contribution in [2.75, 3.05) is 0 Å². The summed E-state index contributed by atoms with van der Waals surface area (Å²) in [5, 5.41) is 0. The summed E-state index contributed by atoms with van der Waals surface area (Å²) in [4.78, 5) is 8.81. The molecule has 0 aliphatic carbocycles. The van der Waals surface area contributed by atoms with E-state index in [2.05, 4.69) is 6.92 Å². The standard InChI is InChI=1S/C3H12O2Si2/c1-2-3-7(4)5-6/h4,7H,2-3H2,1,6H3. The molecule has 1 atom stereocenters. The summed E-state index contributed by atoms with van der Waals surface area (Å²) in [6, 6.07) is 0.906. The molecule has 0 heterocycles. The van der Waals surface area contributed by atoms with Crippen LogP contribution < -0.4 is 0 Å². The van der Waals surface area contributed by atoms with Gasteiger partial charge in [-0.2, -0.15) is 0 Å². The van der Waals surface area contributed by atoms with Gasteiger partial charge in [-0.3, -0.25) is 0 Å². The molecule has 0 aromatic heterocycles. The average Bonchev–Trinajstić information content (AvgIpc) is 1.68. The van der Waals surface area contributed by atoms with Gasteiger partial charge in [0.25, 0.3) is 0 Å². The molecule has 0 rings (SSSR count). The molecule has 44 valence electrons. The van der Waals surface area contributed by atoms with E-state index in [0.717, 1.165) is 12.5 Å². The van der Waals surface area contributed by atoms with E-state index in [0.29, 0.717) is 10.5 Å². The van der Waals surface area contributed by atoms with Gasteiger partial charge in [-0.15, -0.1) is 0 Å². The Morgan fingerprint density at radius 1 is 1.86 bits per heavy atom. The molecule has 0 aromatic rings. The Morgan fingerprint density at radius 3 is 2.57 bits per heavy atom. The van der Waals surface area contributed by atoms with Crippen LogP contribution in [0.5, 0.6) is 0 Å². The molecule has 0 bridgehead atoms. The Bertz CT molecular complexity index is 41.9. The molecule has 0 aliphatic rings. The zero-order valence-corrected chi connectivity index (χ0v) is 8.00. The summed E-state index contributed by atoms with van der Waals surface area (Å²) in [6.45, 7) is 2.05. The van der Waals surface area contributed by atoms with Crippen molar-refractivity contribution in [3.05, 3.63) is 0 Å². The normalized spacial score (nSPS) is 14.6. The van der Waals surface area contributed by atoms with E-state index in [-0.39, 0.29) is 0 Å². The largest absolute Gasteiger partial charge is 0.447 e. The van der Waals surface area contributed by atoms with Crippen molar-refractivity contribution >= 4 is 19.8 Å². The molecule has 7 heavy (non-hydrogen) atoms. The van der Waals surface area contributed by atoms with Gasteiger partial charge >= 0.3 is 9.28 Å². The molecule has 2 nitrogen and oxygen atoms in total. The summed E-state index contributed by atoms with van der Waals surface area (Å²) in [6.07, 6.45) is 1.05. The second kappa shape index (κ2) is 4.51. The highest BCUT2D eigenvalue weighted by Gasteiger charge is 1.99. The lowest BCUT2D eigenvalue weighted by Crippen LogP contribution is -2.14. The third-order valence-electron chi connectivity index (χ3n) is 0.808. The fourth-order valence-corrected chi connectivity index (χ4v) is 1.80. The Labute approximate surface area is 48.9 Å². The fourth-order valence-electron chi connectivity index (χ4n) is 0.365. The summed E-state index contributed by atoms with van der Waals surface area (Å²) >= 11 is 0. The van der Waals surface area contributed by atoms with E-state index < -0.39 is 9.28 Å². The maximum atomic E-state index is 8.81. The zero-order chi connectivity index (χ0) is 5.70. The molecule has 0 spiro atoms. The topological polar surface area (TPSA) is 29.5 Å². The molecule has 0 saturated carbocycles. The molecule has 1 unspecified atom stereocenters. The first-order valence-corrected chi connectivity index (χ1v) is 5.14.